The first-order chi connectivity index (χ1) is 6.91. The van der Waals surface area contributed by atoms with E-state index in [1.54, 1.807) is 6.07 Å². The molecule has 0 fully saturated rings. The average Bonchev–Trinajstić information content (AvgIpc) is 2.44. The lowest BCUT2D eigenvalue weighted by atomic mass is 10.2. The molecule has 0 bridgehead atoms. The summed E-state index contributed by atoms with van der Waals surface area (Å²) < 4.78 is 0.718. The summed E-state index contributed by atoms with van der Waals surface area (Å²) in [6.07, 6.45) is 0. The molecule has 4 nitrogen and oxygen atoms in total. The lowest BCUT2D eigenvalue weighted by Gasteiger charge is -2.08. The molecule has 0 aliphatic carbocycles. The van der Waals surface area contributed by atoms with E-state index in [1.165, 1.54) is 18.3 Å². The Kier molecular flexibility index (Phi) is 3.87. The molecule has 0 spiro atoms. The minimum absolute atomic E-state index is 0.374. The topological polar surface area (TPSA) is 66.4 Å². The smallest absolute Gasteiger partial charge is 0.325 e. The van der Waals surface area contributed by atoms with E-state index in [4.69, 9.17) is 5.11 Å². The predicted molar refractivity (Wildman–Crippen MR) is 61.3 cm³/mol. The molecular weight excluding hydrogens is 282 g/mol. The molecule has 82 valence electrons. The minimum atomic E-state index is -1.05. The Labute approximate surface area is 99.4 Å². The Morgan fingerprint density at radius 3 is 2.60 bits per heavy atom. The van der Waals surface area contributed by atoms with E-state index >= 15 is 0 Å². The molecule has 1 atom stereocenters. The van der Waals surface area contributed by atoms with Gasteiger partial charge in [-0.3, -0.25) is 9.59 Å². The average molecular weight is 292 g/mol. The minimum Gasteiger partial charge on any atom is -0.480 e. The summed E-state index contributed by atoms with van der Waals surface area (Å²) in [7, 11) is 0. The first-order valence-corrected chi connectivity index (χ1v) is 5.82. The van der Waals surface area contributed by atoms with Crippen LogP contribution in [0, 0.1) is 6.92 Å². The monoisotopic (exact) mass is 291 g/mol. The molecule has 0 radical (unpaired) electrons. The Morgan fingerprint density at radius 2 is 2.20 bits per heavy atom. The van der Waals surface area contributed by atoms with E-state index in [1.807, 2.05) is 6.92 Å². The van der Waals surface area contributed by atoms with Crippen molar-refractivity contribution in [3.63, 3.8) is 0 Å². The van der Waals surface area contributed by atoms with Crippen molar-refractivity contribution in [1.82, 2.24) is 5.32 Å². The van der Waals surface area contributed by atoms with Gasteiger partial charge < -0.3 is 10.4 Å². The molecule has 2 N–H and O–H groups in total. The van der Waals surface area contributed by atoms with E-state index < -0.39 is 12.0 Å². The SMILES string of the molecule is Cc1cc(C(=O)N[C@H](C)C(=O)O)c(Br)s1. The predicted octanol–water partition coefficient (Wildman–Crippen LogP) is 2.02. The van der Waals surface area contributed by atoms with Gasteiger partial charge in [-0.15, -0.1) is 11.3 Å². The second-order valence-electron chi connectivity index (χ2n) is 3.08. The zero-order valence-corrected chi connectivity index (χ0v) is 10.6. The number of rotatable bonds is 3. The number of carbonyl (C=O) groups is 2. The Bertz CT molecular complexity index is 402. The van der Waals surface area contributed by atoms with Crippen LogP contribution in [0.5, 0.6) is 0 Å². The largest absolute Gasteiger partial charge is 0.480 e. The second kappa shape index (κ2) is 4.76. The molecule has 1 rings (SSSR count). The molecule has 0 saturated carbocycles. The molecule has 1 heterocycles. The Morgan fingerprint density at radius 1 is 1.60 bits per heavy atom. The highest BCUT2D eigenvalue weighted by molar-refractivity contribution is 9.11. The molecule has 0 unspecified atom stereocenters. The maximum absolute atomic E-state index is 11.6. The molecule has 0 saturated heterocycles. The number of carboxylic acids is 1. The maximum atomic E-state index is 11.6. The van der Waals surface area contributed by atoms with E-state index in [9.17, 15) is 9.59 Å². The van der Waals surface area contributed by atoms with Gasteiger partial charge in [-0.25, -0.2) is 0 Å². The zero-order chi connectivity index (χ0) is 11.6. The third-order valence-electron chi connectivity index (χ3n) is 1.77. The number of aliphatic carboxylic acids is 1. The number of hydrogen-bond donors (Lipinski definition) is 2. The van der Waals surface area contributed by atoms with Crippen molar-refractivity contribution in [1.29, 1.82) is 0 Å². The maximum Gasteiger partial charge on any atom is 0.325 e. The van der Waals surface area contributed by atoms with E-state index in [0.717, 1.165) is 8.66 Å². The van der Waals surface area contributed by atoms with Gasteiger partial charge in [-0.1, -0.05) is 0 Å². The van der Waals surface area contributed by atoms with Crippen LogP contribution in [0.25, 0.3) is 0 Å². The summed E-state index contributed by atoms with van der Waals surface area (Å²) in [6, 6.07) is 0.836. The molecule has 1 aromatic heterocycles. The number of thiophene rings is 1. The number of amides is 1. The van der Waals surface area contributed by atoms with Crippen molar-refractivity contribution in [3.8, 4) is 0 Å². The van der Waals surface area contributed by atoms with Gasteiger partial charge in [0, 0.05) is 4.88 Å². The first-order valence-electron chi connectivity index (χ1n) is 4.21. The lowest BCUT2D eigenvalue weighted by molar-refractivity contribution is -0.138. The van der Waals surface area contributed by atoms with E-state index in [2.05, 4.69) is 21.2 Å². The van der Waals surface area contributed by atoms with Crippen LogP contribution >= 0.6 is 27.3 Å². The van der Waals surface area contributed by atoms with Crippen LogP contribution in [0.1, 0.15) is 22.2 Å². The van der Waals surface area contributed by atoms with Gasteiger partial charge in [-0.05, 0) is 35.8 Å². The van der Waals surface area contributed by atoms with Crippen LogP contribution in [0.2, 0.25) is 0 Å². The van der Waals surface area contributed by atoms with Crippen molar-refractivity contribution in [2.75, 3.05) is 0 Å². The van der Waals surface area contributed by atoms with Crippen molar-refractivity contribution >= 4 is 39.1 Å². The van der Waals surface area contributed by atoms with Gasteiger partial charge >= 0.3 is 5.97 Å². The summed E-state index contributed by atoms with van der Waals surface area (Å²) in [6.45, 7) is 3.31. The summed E-state index contributed by atoms with van der Waals surface area (Å²) in [5, 5.41) is 11.0. The summed E-state index contributed by atoms with van der Waals surface area (Å²) >= 11 is 4.70. The van der Waals surface area contributed by atoms with Gasteiger partial charge in [0.25, 0.3) is 5.91 Å². The van der Waals surface area contributed by atoms with E-state index in [-0.39, 0.29) is 5.91 Å². The zero-order valence-electron chi connectivity index (χ0n) is 8.20. The standard InChI is InChI=1S/C9H10BrNO3S/c1-4-3-6(7(10)15-4)8(12)11-5(2)9(13)14/h3,5H,1-2H3,(H,11,12)(H,13,14)/t5-/m1/s1. The number of halogens is 1. The highest BCUT2D eigenvalue weighted by atomic mass is 79.9. The van der Waals surface area contributed by atoms with Gasteiger partial charge in [0.1, 0.15) is 6.04 Å². The number of nitrogens with one attached hydrogen (secondary N) is 1. The highest BCUT2D eigenvalue weighted by Gasteiger charge is 2.18. The van der Waals surface area contributed by atoms with Crippen LogP contribution in [0.4, 0.5) is 0 Å². The Balaban J connectivity index is 2.77. The molecule has 0 aliphatic heterocycles. The third kappa shape index (κ3) is 3.04. The molecule has 15 heavy (non-hydrogen) atoms. The summed E-state index contributed by atoms with van der Waals surface area (Å²) in [5.74, 6) is -1.42. The number of hydrogen-bond acceptors (Lipinski definition) is 3. The fourth-order valence-electron chi connectivity index (χ4n) is 0.977. The molecule has 0 aliphatic rings. The fraction of sp³-hybridized carbons (Fsp3) is 0.333. The molecule has 0 aromatic carbocycles. The summed E-state index contributed by atoms with van der Waals surface area (Å²) in [5.41, 5.74) is 0.477. The van der Waals surface area contributed by atoms with Crippen molar-refractivity contribution in [2.45, 2.75) is 19.9 Å². The molecular formula is C9H10BrNO3S. The van der Waals surface area contributed by atoms with Crippen LogP contribution in [0.15, 0.2) is 9.85 Å². The van der Waals surface area contributed by atoms with E-state index in [0.29, 0.717) is 5.56 Å². The number of carboxylic acid groups (broad SMARTS) is 1. The Hall–Kier alpha value is -0.880. The lowest BCUT2D eigenvalue weighted by Crippen LogP contribution is -2.38. The molecule has 6 heteroatoms. The van der Waals surface area contributed by atoms with Crippen molar-refractivity contribution < 1.29 is 14.7 Å². The van der Waals surface area contributed by atoms with Crippen LogP contribution in [-0.4, -0.2) is 23.0 Å². The van der Waals surface area contributed by atoms with Crippen LogP contribution < -0.4 is 5.32 Å². The second-order valence-corrected chi connectivity index (χ2v) is 5.65. The fourth-order valence-corrected chi connectivity index (χ4v) is 2.76. The van der Waals surface area contributed by atoms with Gasteiger partial charge in [0.15, 0.2) is 0 Å². The van der Waals surface area contributed by atoms with Crippen molar-refractivity contribution in [2.24, 2.45) is 0 Å². The van der Waals surface area contributed by atoms with Crippen LogP contribution in [0.3, 0.4) is 0 Å². The normalized spacial score (nSPS) is 12.2. The van der Waals surface area contributed by atoms with Gasteiger partial charge in [0.2, 0.25) is 0 Å². The quantitative estimate of drug-likeness (QED) is 0.895. The number of aryl methyl sites for hydroxylation is 1. The first kappa shape index (κ1) is 12.2. The molecule has 1 aromatic rings. The summed E-state index contributed by atoms with van der Waals surface area (Å²) in [4.78, 5) is 23.1. The van der Waals surface area contributed by atoms with Gasteiger partial charge in [-0.2, -0.15) is 0 Å². The third-order valence-corrected chi connectivity index (χ3v) is 3.52. The number of carbonyl (C=O) groups excluding carboxylic acids is 1. The van der Waals surface area contributed by atoms with Gasteiger partial charge in [0.05, 0.1) is 9.35 Å². The van der Waals surface area contributed by atoms with Crippen LogP contribution in [-0.2, 0) is 4.79 Å². The van der Waals surface area contributed by atoms with Crippen molar-refractivity contribution in [3.05, 3.63) is 20.3 Å². The molecule has 1 amide bonds. The highest BCUT2D eigenvalue weighted by Crippen LogP contribution is 2.27.